The Bertz CT molecular complexity index is 481. The van der Waals surface area contributed by atoms with Crippen LogP contribution in [0.2, 0.25) is 0 Å². The van der Waals surface area contributed by atoms with Crippen molar-refractivity contribution < 1.29 is 14.4 Å². The molecule has 0 spiro atoms. The van der Waals surface area contributed by atoms with E-state index in [-0.39, 0.29) is 29.6 Å². The average molecular weight is 368 g/mol. The van der Waals surface area contributed by atoms with Crippen molar-refractivity contribution in [2.75, 3.05) is 19.6 Å². The number of piperidine rings is 1. The Morgan fingerprint density at radius 1 is 0.923 bits per heavy atom. The minimum absolute atomic E-state index is 0.0629. The Morgan fingerprint density at radius 2 is 1.50 bits per heavy atom. The zero-order valence-electron chi connectivity index (χ0n) is 17.3. The molecule has 1 heterocycles. The highest BCUT2D eigenvalue weighted by atomic mass is 16.2. The standard InChI is InChI=1S/C20H37N3O3/c1-13(2)11-17(24)23-9-7-16(8-10-23)18(22-19(25)15(5)6)20(26)21-12-14(3)4/h13-16,18H,7-12H2,1-6H3,(H,21,26)(H,22,25). The molecule has 1 aliphatic rings. The molecule has 150 valence electrons. The van der Waals surface area contributed by atoms with E-state index in [0.29, 0.717) is 37.9 Å². The van der Waals surface area contributed by atoms with Gasteiger partial charge in [0, 0.05) is 32.0 Å². The second-order valence-corrected chi connectivity index (χ2v) is 8.60. The van der Waals surface area contributed by atoms with Gasteiger partial charge in [-0.25, -0.2) is 0 Å². The minimum atomic E-state index is -0.522. The summed E-state index contributed by atoms with van der Waals surface area (Å²) in [5.41, 5.74) is 0. The minimum Gasteiger partial charge on any atom is -0.354 e. The molecule has 0 aliphatic carbocycles. The van der Waals surface area contributed by atoms with Crippen molar-refractivity contribution in [1.29, 1.82) is 0 Å². The summed E-state index contributed by atoms with van der Waals surface area (Å²) < 4.78 is 0. The molecule has 0 radical (unpaired) electrons. The molecule has 1 saturated heterocycles. The van der Waals surface area contributed by atoms with Crippen LogP contribution in [0.4, 0.5) is 0 Å². The molecule has 2 N–H and O–H groups in total. The fourth-order valence-corrected chi connectivity index (χ4v) is 3.09. The van der Waals surface area contributed by atoms with Gasteiger partial charge in [0.1, 0.15) is 6.04 Å². The normalized spacial score (nSPS) is 16.9. The molecule has 1 aliphatic heterocycles. The summed E-state index contributed by atoms with van der Waals surface area (Å²) in [6.07, 6.45) is 2.04. The summed E-state index contributed by atoms with van der Waals surface area (Å²) in [5, 5.41) is 5.88. The Hall–Kier alpha value is -1.59. The molecule has 1 unspecified atom stereocenters. The molecule has 0 aromatic rings. The first kappa shape index (κ1) is 22.5. The fourth-order valence-electron chi connectivity index (χ4n) is 3.09. The summed E-state index contributed by atoms with van der Waals surface area (Å²) in [6.45, 7) is 13.7. The highest BCUT2D eigenvalue weighted by Gasteiger charge is 2.34. The predicted octanol–water partition coefficient (Wildman–Crippen LogP) is 2.18. The van der Waals surface area contributed by atoms with Crippen LogP contribution in [0.3, 0.4) is 0 Å². The van der Waals surface area contributed by atoms with Gasteiger partial charge in [-0.1, -0.05) is 41.5 Å². The number of rotatable bonds is 8. The van der Waals surface area contributed by atoms with Crippen LogP contribution in [0.1, 0.15) is 60.8 Å². The van der Waals surface area contributed by atoms with Crippen molar-refractivity contribution in [2.45, 2.75) is 66.8 Å². The number of likely N-dealkylation sites (tertiary alicyclic amines) is 1. The lowest BCUT2D eigenvalue weighted by Crippen LogP contribution is -2.55. The lowest BCUT2D eigenvalue weighted by Gasteiger charge is -2.36. The Kier molecular flexibility index (Phi) is 9.09. The molecule has 3 amide bonds. The molecule has 6 heteroatoms. The number of nitrogens with zero attached hydrogens (tertiary/aromatic N) is 1. The zero-order chi connectivity index (χ0) is 19.9. The predicted molar refractivity (Wildman–Crippen MR) is 103 cm³/mol. The zero-order valence-corrected chi connectivity index (χ0v) is 17.3. The van der Waals surface area contributed by atoms with E-state index in [4.69, 9.17) is 0 Å². The van der Waals surface area contributed by atoms with E-state index in [9.17, 15) is 14.4 Å². The van der Waals surface area contributed by atoms with E-state index in [1.807, 2.05) is 46.4 Å². The second-order valence-electron chi connectivity index (χ2n) is 8.60. The lowest BCUT2D eigenvalue weighted by molar-refractivity contribution is -0.135. The third-order valence-corrected chi connectivity index (χ3v) is 4.74. The van der Waals surface area contributed by atoms with Gasteiger partial charge in [0.05, 0.1) is 0 Å². The van der Waals surface area contributed by atoms with E-state index >= 15 is 0 Å². The topological polar surface area (TPSA) is 78.5 Å². The van der Waals surface area contributed by atoms with Gasteiger partial charge in [0.2, 0.25) is 17.7 Å². The van der Waals surface area contributed by atoms with Crippen LogP contribution in [0.25, 0.3) is 0 Å². The van der Waals surface area contributed by atoms with E-state index in [2.05, 4.69) is 10.6 Å². The van der Waals surface area contributed by atoms with Crippen LogP contribution >= 0.6 is 0 Å². The van der Waals surface area contributed by atoms with Crippen LogP contribution in [0.5, 0.6) is 0 Å². The van der Waals surface area contributed by atoms with Crippen LogP contribution in [0.15, 0.2) is 0 Å². The smallest absolute Gasteiger partial charge is 0.242 e. The third-order valence-electron chi connectivity index (χ3n) is 4.74. The number of hydrogen-bond acceptors (Lipinski definition) is 3. The SMILES string of the molecule is CC(C)CNC(=O)C(NC(=O)C(C)C)C1CCN(C(=O)CC(C)C)CC1. The summed E-state index contributed by atoms with van der Waals surface area (Å²) in [7, 11) is 0. The average Bonchev–Trinajstić information content (AvgIpc) is 2.56. The summed E-state index contributed by atoms with van der Waals surface area (Å²) in [4.78, 5) is 39.0. The first-order chi connectivity index (χ1) is 12.1. The van der Waals surface area contributed by atoms with Gasteiger partial charge in [0.25, 0.3) is 0 Å². The second kappa shape index (κ2) is 10.5. The summed E-state index contributed by atoms with van der Waals surface area (Å²) in [6, 6.07) is -0.522. The molecular weight excluding hydrogens is 330 g/mol. The number of amides is 3. The maximum Gasteiger partial charge on any atom is 0.242 e. The van der Waals surface area contributed by atoms with Crippen molar-refractivity contribution in [3.8, 4) is 0 Å². The first-order valence-electron chi connectivity index (χ1n) is 9.97. The van der Waals surface area contributed by atoms with E-state index in [0.717, 1.165) is 12.8 Å². The summed E-state index contributed by atoms with van der Waals surface area (Å²) >= 11 is 0. The Labute approximate surface area is 158 Å². The Balaban J connectivity index is 2.71. The fraction of sp³-hybridized carbons (Fsp3) is 0.850. The molecular formula is C20H37N3O3. The van der Waals surface area contributed by atoms with Gasteiger partial charge in [-0.3, -0.25) is 14.4 Å². The Morgan fingerprint density at radius 3 is 1.96 bits per heavy atom. The maximum absolute atomic E-state index is 12.7. The molecule has 1 fully saturated rings. The van der Waals surface area contributed by atoms with Gasteiger partial charge < -0.3 is 15.5 Å². The van der Waals surface area contributed by atoms with Crippen molar-refractivity contribution in [2.24, 2.45) is 23.7 Å². The van der Waals surface area contributed by atoms with Gasteiger partial charge >= 0.3 is 0 Å². The molecule has 1 atom stereocenters. The van der Waals surface area contributed by atoms with E-state index < -0.39 is 6.04 Å². The monoisotopic (exact) mass is 367 g/mol. The number of hydrogen-bond donors (Lipinski definition) is 2. The van der Waals surface area contributed by atoms with Crippen LogP contribution < -0.4 is 10.6 Å². The maximum atomic E-state index is 12.7. The first-order valence-corrected chi connectivity index (χ1v) is 9.97. The van der Waals surface area contributed by atoms with Gasteiger partial charge in [0.15, 0.2) is 0 Å². The van der Waals surface area contributed by atoms with Crippen molar-refractivity contribution in [3.05, 3.63) is 0 Å². The summed E-state index contributed by atoms with van der Waals surface area (Å²) in [5.74, 6) is 0.574. The van der Waals surface area contributed by atoms with Crippen molar-refractivity contribution in [3.63, 3.8) is 0 Å². The van der Waals surface area contributed by atoms with Gasteiger partial charge in [-0.05, 0) is 30.6 Å². The molecule has 0 saturated carbocycles. The molecule has 0 aromatic carbocycles. The molecule has 0 aromatic heterocycles. The van der Waals surface area contributed by atoms with Crippen molar-refractivity contribution in [1.82, 2.24) is 15.5 Å². The number of carbonyl (C=O) groups is 3. The number of carbonyl (C=O) groups excluding carboxylic acids is 3. The van der Waals surface area contributed by atoms with Crippen LogP contribution in [0, 0.1) is 23.7 Å². The van der Waals surface area contributed by atoms with Crippen molar-refractivity contribution >= 4 is 17.7 Å². The number of nitrogens with one attached hydrogen (secondary N) is 2. The highest BCUT2D eigenvalue weighted by Crippen LogP contribution is 2.22. The highest BCUT2D eigenvalue weighted by molar-refractivity contribution is 5.88. The van der Waals surface area contributed by atoms with E-state index in [1.54, 1.807) is 0 Å². The largest absolute Gasteiger partial charge is 0.354 e. The van der Waals surface area contributed by atoms with Gasteiger partial charge in [-0.2, -0.15) is 0 Å². The van der Waals surface area contributed by atoms with Crippen LogP contribution in [-0.2, 0) is 14.4 Å². The van der Waals surface area contributed by atoms with Gasteiger partial charge in [-0.15, -0.1) is 0 Å². The third kappa shape index (κ3) is 7.34. The molecule has 6 nitrogen and oxygen atoms in total. The van der Waals surface area contributed by atoms with E-state index in [1.165, 1.54) is 0 Å². The van der Waals surface area contributed by atoms with Crippen LogP contribution in [-0.4, -0.2) is 48.3 Å². The quantitative estimate of drug-likeness (QED) is 0.690. The lowest BCUT2D eigenvalue weighted by atomic mass is 9.88. The molecule has 0 bridgehead atoms. The molecule has 26 heavy (non-hydrogen) atoms. The molecule has 1 rings (SSSR count).